The van der Waals surface area contributed by atoms with Crippen molar-refractivity contribution in [3.63, 3.8) is 0 Å². The van der Waals surface area contributed by atoms with Gasteiger partial charge in [0, 0.05) is 36.3 Å². The van der Waals surface area contributed by atoms with Gasteiger partial charge in [0.15, 0.2) is 0 Å². The maximum absolute atomic E-state index is 13.7. The van der Waals surface area contributed by atoms with E-state index < -0.39 is 0 Å². The molecular weight excluding hydrogens is 538 g/mol. The Bertz CT molecular complexity index is 1610. The lowest BCUT2D eigenvalue weighted by Crippen LogP contribution is -2.50. The van der Waals surface area contributed by atoms with Gasteiger partial charge in [0.05, 0.1) is 22.3 Å². The molecule has 4 aromatic carbocycles. The second-order valence-corrected chi connectivity index (χ2v) is 11.2. The molecule has 7 heteroatoms. The van der Waals surface area contributed by atoms with Crippen LogP contribution in [-0.2, 0) is 0 Å². The number of nitrogens with one attached hydrogen (secondary N) is 1. The summed E-state index contributed by atoms with van der Waals surface area (Å²) >= 11 is 7.89. The number of hydrogen-bond donors (Lipinski definition) is 1. The van der Waals surface area contributed by atoms with Crippen LogP contribution in [0.25, 0.3) is 10.1 Å². The average Bonchev–Trinajstić information content (AvgIpc) is 3.35. The number of thiophene rings is 1. The van der Waals surface area contributed by atoms with Gasteiger partial charge < -0.3 is 10.2 Å². The number of benzene rings is 4. The van der Waals surface area contributed by atoms with Crippen molar-refractivity contribution < 1.29 is 9.59 Å². The molecule has 1 saturated heterocycles. The highest BCUT2D eigenvalue weighted by Crippen LogP contribution is 2.36. The maximum Gasteiger partial charge on any atom is 0.267 e. The van der Waals surface area contributed by atoms with Crippen LogP contribution in [0.2, 0.25) is 5.02 Å². The summed E-state index contributed by atoms with van der Waals surface area (Å²) in [6.07, 6.45) is 0. The molecular formula is C33H28ClN3O2S. The molecule has 2 amide bonds. The van der Waals surface area contributed by atoms with Gasteiger partial charge in [-0.1, -0.05) is 103 Å². The summed E-state index contributed by atoms with van der Waals surface area (Å²) in [6.45, 7) is 2.68. The minimum Gasteiger partial charge on any atom is -0.336 e. The van der Waals surface area contributed by atoms with Crippen LogP contribution in [0.15, 0.2) is 109 Å². The fraction of sp³-hybridized carbons (Fsp3) is 0.152. The van der Waals surface area contributed by atoms with E-state index in [1.807, 2.05) is 53.4 Å². The zero-order valence-corrected chi connectivity index (χ0v) is 23.4. The van der Waals surface area contributed by atoms with Crippen LogP contribution in [0.1, 0.15) is 37.2 Å². The first-order valence-corrected chi connectivity index (χ1v) is 14.5. The van der Waals surface area contributed by atoms with E-state index in [-0.39, 0.29) is 17.9 Å². The first-order chi connectivity index (χ1) is 19.6. The number of para-hydroxylation sites is 1. The van der Waals surface area contributed by atoms with Crippen molar-refractivity contribution >= 4 is 50.5 Å². The first-order valence-electron chi connectivity index (χ1n) is 13.3. The topological polar surface area (TPSA) is 52.7 Å². The smallest absolute Gasteiger partial charge is 0.267 e. The Balaban J connectivity index is 1.18. The molecule has 0 atom stereocenters. The number of anilines is 1. The number of piperazine rings is 1. The third kappa shape index (κ3) is 5.26. The van der Waals surface area contributed by atoms with E-state index in [0.29, 0.717) is 34.2 Å². The number of rotatable bonds is 6. The Labute approximate surface area is 242 Å². The van der Waals surface area contributed by atoms with Gasteiger partial charge in [-0.15, -0.1) is 11.3 Å². The zero-order chi connectivity index (χ0) is 27.5. The van der Waals surface area contributed by atoms with Crippen molar-refractivity contribution in [2.45, 2.75) is 6.04 Å². The predicted octanol–water partition coefficient (Wildman–Crippen LogP) is 7.35. The fourth-order valence-corrected chi connectivity index (χ4v) is 6.77. The Morgan fingerprint density at radius 2 is 1.30 bits per heavy atom. The quantitative estimate of drug-likeness (QED) is 0.234. The maximum atomic E-state index is 13.7. The summed E-state index contributed by atoms with van der Waals surface area (Å²) < 4.78 is 0.948. The highest BCUT2D eigenvalue weighted by Gasteiger charge is 2.29. The lowest BCUT2D eigenvalue weighted by molar-refractivity contribution is 0.0598. The molecule has 0 saturated carbocycles. The summed E-state index contributed by atoms with van der Waals surface area (Å²) in [5, 5.41) is 4.24. The van der Waals surface area contributed by atoms with Crippen molar-refractivity contribution in [2.24, 2.45) is 0 Å². The molecule has 0 bridgehead atoms. The Morgan fingerprint density at radius 1 is 0.725 bits per heavy atom. The molecule has 5 nitrogen and oxygen atoms in total. The van der Waals surface area contributed by atoms with Crippen molar-refractivity contribution in [3.8, 4) is 0 Å². The molecule has 1 N–H and O–H groups in total. The van der Waals surface area contributed by atoms with E-state index in [9.17, 15) is 9.59 Å². The van der Waals surface area contributed by atoms with E-state index in [1.165, 1.54) is 22.5 Å². The van der Waals surface area contributed by atoms with Crippen LogP contribution in [0.3, 0.4) is 0 Å². The van der Waals surface area contributed by atoms with Crippen molar-refractivity contribution in [3.05, 3.63) is 136 Å². The van der Waals surface area contributed by atoms with E-state index >= 15 is 0 Å². The number of carbonyl (C=O) groups is 2. The highest BCUT2D eigenvalue weighted by atomic mass is 35.5. The summed E-state index contributed by atoms with van der Waals surface area (Å²) in [4.78, 5) is 31.7. The summed E-state index contributed by atoms with van der Waals surface area (Å²) in [6, 6.07) is 36.0. The van der Waals surface area contributed by atoms with Crippen LogP contribution in [0.4, 0.5) is 5.69 Å². The van der Waals surface area contributed by atoms with Crippen LogP contribution < -0.4 is 5.32 Å². The van der Waals surface area contributed by atoms with Crippen LogP contribution >= 0.6 is 22.9 Å². The number of fused-ring (bicyclic) bond motifs is 1. The molecule has 0 aliphatic carbocycles. The van der Waals surface area contributed by atoms with E-state index in [0.717, 1.165) is 23.2 Å². The molecule has 1 aromatic heterocycles. The molecule has 40 heavy (non-hydrogen) atoms. The minimum atomic E-state index is -0.315. The van der Waals surface area contributed by atoms with Gasteiger partial charge in [-0.2, -0.15) is 0 Å². The van der Waals surface area contributed by atoms with Gasteiger partial charge in [0.25, 0.3) is 11.8 Å². The molecule has 1 aliphatic rings. The van der Waals surface area contributed by atoms with Crippen LogP contribution in [0, 0.1) is 0 Å². The molecule has 0 spiro atoms. The van der Waals surface area contributed by atoms with E-state index in [1.54, 1.807) is 12.1 Å². The minimum absolute atomic E-state index is 0.0889. The average molecular weight is 566 g/mol. The van der Waals surface area contributed by atoms with Gasteiger partial charge in [0.2, 0.25) is 0 Å². The molecule has 5 aromatic rings. The highest BCUT2D eigenvalue weighted by molar-refractivity contribution is 7.21. The van der Waals surface area contributed by atoms with Gasteiger partial charge in [-0.3, -0.25) is 14.5 Å². The number of amides is 2. The second kappa shape index (κ2) is 11.6. The third-order valence-corrected chi connectivity index (χ3v) is 9.02. The first kappa shape index (κ1) is 26.3. The summed E-state index contributed by atoms with van der Waals surface area (Å²) in [7, 11) is 0. The Kier molecular flexibility index (Phi) is 7.64. The lowest BCUT2D eigenvalue weighted by Gasteiger charge is -2.40. The second-order valence-electron chi connectivity index (χ2n) is 9.79. The van der Waals surface area contributed by atoms with Crippen molar-refractivity contribution in [2.75, 3.05) is 31.5 Å². The molecule has 0 unspecified atom stereocenters. The normalized spacial score (nSPS) is 14.0. The largest absolute Gasteiger partial charge is 0.336 e. The number of halogens is 1. The molecule has 0 radical (unpaired) electrons. The number of carbonyl (C=O) groups excluding carboxylic acids is 2. The Hall–Kier alpha value is -3.97. The standard InChI is InChI=1S/C33H28ClN3O2S/c34-29-26-16-8-10-18-28(26)40-31(29)32(38)35-27-17-9-7-15-25(27)33(39)37-21-19-36(20-22-37)30(23-11-3-1-4-12-23)24-13-5-2-6-14-24/h1-18,30H,19-22H2,(H,35,38). The fourth-order valence-electron chi connectivity index (χ4n) is 5.36. The zero-order valence-electron chi connectivity index (χ0n) is 21.8. The van der Waals surface area contributed by atoms with Gasteiger partial charge >= 0.3 is 0 Å². The lowest BCUT2D eigenvalue weighted by atomic mass is 9.96. The van der Waals surface area contributed by atoms with Crippen molar-refractivity contribution in [1.82, 2.24) is 9.80 Å². The van der Waals surface area contributed by atoms with Gasteiger partial charge in [-0.05, 0) is 29.3 Å². The summed E-state index contributed by atoms with van der Waals surface area (Å²) in [5.41, 5.74) is 3.44. The summed E-state index contributed by atoms with van der Waals surface area (Å²) in [5.74, 6) is -0.404. The van der Waals surface area contributed by atoms with E-state index in [4.69, 9.17) is 11.6 Å². The monoisotopic (exact) mass is 565 g/mol. The third-order valence-electron chi connectivity index (χ3n) is 7.34. The van der Waals surface area contributed by atoms with E-state index in [2.05, 4.69) is 58.7 Å². The van der Waals surface area contributed by atoms with Crippen molar-refractivity contribution in [1.29, 1.82) is 0 Å². The Morgan fingerprint density at radius 3 is 1.95 bits per heavy atom. The SMILES string of the molecule is O=C(Nc1ccccc1C(=O)N1CCN(C(c2ccccc2)c2ccccc2)CC1)c1sc2ccccc2c1Cl. The van der Waals surface area contributed by atoms with Gasteiger partial charge in [0.1, 0.15) is 4.88 Å². The number of nitrogens with zero attached hydrogens (tertiary/aromatic N) is 2. The van der Waals surface area contributed by atoms with Crippen LogP contribution in [0.5, 0.6) is 0 Å². The molecule has 200 valence electrons. The molecule has 1 fully saturated rings. The molecule has 1 aliphatic heterocycles. The predicted molar refractivity (Wildman–Crippen MR) is 163 cm³/mol. The number of hydrogen-bond acceptors (Lipinski definition) is 4. The molecule has 6 rings (SSSR count). The van der Waals surface area contributed by atoms with Gasteiger partial charge in [-0.25, -0.2) is 0 Å². The molecule has 2 heterocycles. The van der Waals surface area contributed by atoms with Crippen LogP contribution in [-0.4, -0.2) is 47.8 Å².